The van der Waals surface area contributed by atoms with E-state index in [1.807, 2.05) is 36.7 Å². The highest BCUT2D eigenvalue weighted by Crippen LogP contribution is 2.36. The quantitative estimate of drug-likeness (QED) is 0.627. The number of rotatable bonds is 6. The van der Waals surface area contributed by atoms with E-state index in [2.05, 4.69) is 32.2 Å². The predicted molar refractivity (Wildman–Crippen MR) is 114 cm³/mol. The molecule has 0 saturated heterocycles. The number of hydrogen-bond donors (Lipinski definition) is 1. The van der Waals surface area contributed by atoms with Crippen LogP contribution in [0.1, 0.15) is 49.4 Å². The molecule has 0 atom stereocenters. The van der Waals surface area contributed by atoms with E-state index in [0.717, 1.165) is 40.0 Å². The summed E-state index contributed by atoms with van der Waals surface area (Å²) in [7, 11) is 0. The second-order valence-electron chi connectivity index (χ2n) is 7.96. The van der Waals surface area contributed by atoms with Crippen molar-refractivity contribution in [1.29, 1.82) is 0 Å². The van der Waals surface area contributed by atoms with Gasteiger partial charge in [0.25, 0.3) is 0 Å². The van der Waals surface area contributed by atoms with E-state index in [1.165, 1.54) is 0 Å². The average molecular weight is 412 g/mol. The van der Waals surface area contributed by atoms with Crippen molar-refractivity contribution in [2.75, 3.05) is 11.9 Å². The van der Waals surface area contributed by atoms with Gasteiger partial charge in [0.2, 0.25) is 11.9 Å². The number of anilines is 1. The highest BCUT2D eigenvalue weighted by atomic mass is 19.3. The fourth-order valence-electron chi connectivity index (χ4n) is 3.93. The molecule has 0 amide bonds. The van der Waals surface area contributed by atoms with Gasteiger partial charge in [0, 0.05) is 37.7 Å². The lowest BCUT2D eigenvalue weighted by Gasteiger charge is -2.28. The maximum atomic E-state index is 13.3. The molecule has 1 fully saturated rings. The smallest absolute Gasteiger partial charge is 0.248 e. The van der Waals surface area contributed by atoms with Gasteiger partial charge in [-0.15, -0.1) is 5.10 Å². The van der Waals surface area contributed by atoms with E-state index in [9.17, 15) is 8.78 Å². The van der Waals surface area contributed by atoms with E-state index >= 15 is 0 Å². The van der Waals surface area contributed by atoms with Crippen molar-refractivity contribution in [1.82, 2.24) is 25.0 Å². The average Bonchev–Trinajstić information content (AvgIpc) is 3.15. The minimum Gasteiger partial charge on any atom is -0.354 e. The zero-order valence-corrected chi connectivity index (χ0v) is 17.3. The van der Waals surface area contributed by atoms with Crippen LogP contribution in [0.3, 0.4) is 0 Å². The summed E-state index contributed by atoms with van der Waals surface area (Å²) in [6.45, 7) is 9.55. The Morgan fingerprint density at radius 1 is 1.30 bits per heavy atom. The first kappa shape index (κ1) is 20.4. The molecule has 1 aliphatic carbocycles. The normalized spacial score (nSPS) is 16.7. The number of alkyl halides is 2. The van der Waals surface area contributed by atoms with Crippen LogP contribution in [0.2, 0.25) is 0 Å². The third-order valence-electron chi connectivity index (χ3n) is 5.85. The van der Waals surface area contributed by atoms with Gasteiger partial charge in [-0.2, -0.15) is 0 Å². The lowest BCUT2D eigenvalue weighted by atomic mass is 9.87. The number of fused-ring (bicyclic) bond motifs is 1. The standard InChI is InChI=1S/C22H26F2N6/c1-4-30-20-11-17(5-6-19(20)28-29-30)14(2)18-13-26-21(27-15(18)3)25-12-16-7-9-22(23,24)10-8-16/h5-6,11,13,16H,2,4,7-10,12H2,1,3H3,(H,25,26,27). The van der Waals surface area contributed by atoms with Gasteiger partial charge in [0.05, 0.1) is 11.2 Å². The molecular weight excluding hydrogens is 386 g/mol. The number of hydrogen-bond acceptors (Lipinski definition) is 5. The van der Waals surface area contributed by atoms with Gasteiger partial charge < -0.3 is 5.32 Å². The number of aryl methyl sites for hydroxylation is 2. The molecule has 0 bridgehead atoms. The zero-order chi connectivity index (χ0) is 21.3. The van der Waals surface area contributed by atoms with Gasteiger partial charge in [0.15, 0.2) is 0 Å². The van der Waals surface area contributed by atoms with Crippen molar-refractivity contribution >= 4 is 22.6 Å². The Morgan fingerprint density at radius 2 is 2.07 bits per heavy atom. The summed E-state index contributed by atoms with van der Waals surface area (Å²) >= 11 is 0. The van der Waals surface area contributed by atoms with Crippen LogP contribution in [-0.2, 0) is 6.54 Å². The Bertz CT molecular complexity index is 1060. The molecule has 8 heteroatoms. The van der Waals surface area contributed by atoms with Gasteiger partial charge in [0.1, 0.15) is 5.52 Å². The minimum absolute atomic E-state index is 0.0329. The molecule has 6 nitrogen and oxygen atoms in total. The van der Waals surface area contributed by atoms with Crippen LogP contribution in [0.5, 0.6) is 0 Å². The largest absolute Gasteiger partial charge is 0.354 e. The SMILES string of the molecule is C=C(c1ccc2nnn(CC)c2c1)c1cnc(NCC2CCC(F)(F)CC2)nc1C. The molecule has 30 heavy (non-hydrogen) atoms. The first-order chi connectivity index (χ1) is 14.4. The van der Waals surface area contributed by atoms with Crippen molar-refractivity contribution in [3.63, 3.8) is 0 Å². The van der Waals surface area contributed by atoms with Crippen molar-refractivity contribution in [2.45, 2.75) is 52.0 Å². The summed E-state index contributed by atoms with van der Waals surface area (Å²) in [6.07, 6.45) is 2.75. The van der Waals surface area contributed by atoms with E-state index in [-0.39, 0.29) is 18.8 Å². The monoisotopic (exact) mass is 412 g/mol. The lowest BCUT2D eigenvalue weighted by Crippen LogP contribution is -2.28. The topological polar surface area (TPSA) is 68.5 Å². The summed E-state index contributed by atoms with van der Waals surface area (Å²) in [5.74, 6) is -1.75. The molecule has 0 radical (unpaired) electrons. The second kappa shape index (κ2) is 8.08. The third kappa shape index (κ3) is 4.17. The summed E-state index contributed by atoms with van der Waals surface area (Å²) in [5.41, 5.74) is 5.30. The summed E-state index contributed by atoms with van der Waals surface area (Å²) in [4.78, 5) is 8.98. The molecule has 2 aromatic heterocycles. The zero-order valence-electron chi connectivity index (χ0n) is 17.3. The van der Waals surface area contributed by atoms with E-state index < -0.39 is 5.92 Å². The van der Waals surface area contributed by atoms with Gasteiger partial charge in [-0.25, -0.2) is 23.4 Å². The first-order valence-corrected chi connectivity index (χ1v) is 10.3. The Balaban J connectivity index is 1.46. The molecule has 2 heterocycles. The van der Waals surface area contributed by atoms with E-state index in [1.54, 1.807) is 6.20 Å². The maximum absolute atomic E-state index is 13.3. The van der Waals surface area contributed by atoms with Crippen molar-refractivity contribution in [2.24, 2.45) is 5.92 Å². The molecule has 1 saturated carbocycles. The fraction of sp³-hybridized carbons (Fsp3) is 0.455. The fourth-order valence-corrected chi connectivity index (χ4v) is 3.93. The molecule has 3 aromatic rings. The summed E-state index contributed by atoms with van der Waals surface area (Å²) < 4.78 is 28.5. The highest BCUT2D eigenvalue weighted by molar-refractivity contribution is 5.85. The second-order valence-corrected chi connectivity index (χ2v) is 7.96. The molecule has 1 N–H and O–H groups in total. The number of nitrogens with one attached hydrogen (secondary N) is 1. The van der Waals surface area contributed by atoms with Crippen LogP contribution in [0, 0.1) is 12.8 Å². The molecule has 0 unspecified atom stereocenters. The van der Waals surface area contributed by atoms with Crippen LogP contribution in [-0.4, -0.2) is 37.4 Å². The van der Waals surface area contributed by atoms with Crippen LogP contribution in [0.4, 0.5) is 14.7 Å². The van der Waals surface area contributed by atoms with Crippen molar-refractivity contribution < 1.29 is 8.78 Å². The van der Waals surface area contributed by atoms with Crippen LogP contribution in [0.25, 0.3) is 16.6 Å². The van der Waals surface area contributed by atoms with Crippen molar-refractivity contribution in [3.8, 4) is 0 Å². The minimum atomic E-state index is -2.50. The first-order valence-electron chi connectivity index (χ1n) is 10.3. The van der Waals surface area contributed by atoms with Crippen LogP contribution in [0.15, 0.2) is 31.0 Å². The molecule has 158 valence electrons. The molecule has 1 aromatic carbocycles. The van der Waals surface area contributed by atoms with Gasteiger partial charge >= 0.3 is 0 Å². The number of aromatic nitrogens is 5. The summed E-state index contributed by atoms with van der Waals surface area (Å²) in [5, 5.41) is 11.5. The molecule has 1 aliphatic rings. The summed E-state index contributed by atoms with van der Waals surface area (Å²) in [6, 6.07) is 5.95. The molecule has 4 rings (SSSR count). The van der Waals surface area contributed by atoms with Crippen molar-refractivity contribution in [3.05, 3.63) is 47.8 Å². The van der Waals surface area contributed by atoms with Crippen LogP contribution >= 0.6 is 0 Å². The van der Waals surface area contributed by atoms with E-state index in [4.69, 9.17) is 0 Å². The van der Waals surface area contributed by atoms with Gasteiger partial charge in [-0.3, -0.25) is 0 Å². The van der Waals surface area contributed by atoms with E-state index in [0.29, 0.717) is 25.3 Å². The molecule has 0 aliphatic heterocycles. The third-order valence-corrected chi connectivity index (χ3v) is 5.85. The Hall–Kier alpha value is -2.90. The predicted octanol–water partition coefficient (Wildman–Crippen LogP) is 4.85. The number of nitrogens with zero attached hydrogens (tertiary/aromatic N) is 5. The van der Waals surface area contributed by atoms with Gasteiger partial charge in [-0.05, 0) is 55.9 Å². The highest BCUT2D eigenvalue weighted by Gasteiger charge is 2.34. The molecule has 0 spiro atoms. The Kier molecular flexibility index (Phi) is 5.49. The molecular formula is C22H26F2N6. The maximum Gasteiger partial charge on any atom is 0.248 e. The van der Waals surface area contributed by atoms with Crippen LogP contribution < -0.4 is 5.32 Å². The Morgan fingerprint density at radius 3 is 2.77 bits per heavy atom. The lowest BCUT2D eigenvalue weighted by molar-refractivity contribution is -0.0443. The number of benzene rings is 1. The Labute approximate surface area is 174 Å². The number of halogens is 2. The van der Waals surface area contributed by atoms with Gasteiger partial charge in [-0.1, -0.05) is 17.9 Å².